The third-order valence-electron chi connectivity index (χ3n) is 3.51. The molecule has 92 valence electrons. The SMILES string of the molecule is CN1C(=O)COc2cc(C3(C#N)COC3)ccc21. The molecular formula is C13H12N2O3. The number of benzene rings is 1. The maximum atomic E-state index is 11.5. The molecule has 0 saturated carbocycles. The molecule has 5 heteroatoms. The third-order valence-corrected chi connectivity index (χ3v) is 3.51. The quantitative estimate of drug-likeness (QED) is 0.734. The molecule has 0 N–H and O–H groups in total. The maximum Gasteiger partial charge on any atom is 0.264 e. The highest BCUT2D eigenvalue weighted by atomic mass is 16.5. The van der Waals surface area contributed by atoms with Crippen LogP contribution in [0.3, 0.4) is 0 Å². The molecule has 0 aliphatic carbocycles. The zero-order valence-electron chi connectivity index (χ0n) is 9.97. The van der Waals surface area contributed by atoms with E-state index in [1.807, 2.05) is 18.2 Å². The Morgan fingerprint density at radius 1 is 1.44 bits per heavy atom. The summed E-state index contributed by atoms with van der Waals surface area (Å²) in [6, 6.07) is 7.82. The highest BCUT2D eigenvalue weighted by Gasteiger charge is 2.41. The summed E-state index contributed by atoms with van der Waals surface area (Å²) in [6.45, 7) is 0.872. The van der Waals surface area contributed by atoms with Crippen molar-refractivity contribution in [2.24, 2.45) is 0 Å². The normalized spacial score (nSPS) is 20.4. The van der Waals surface area contributed by atoms with E-state index in [0.29, 0.717) is 19.0 Å². The van der Waals surface area contributed by atoms with Crippen LogP contribution in [0.15, 0.2) is 18.2 Å². The van der Waals surface area contributed by atoms with Gasteiger partial charge in [-0.15, -0.1) is 0 Å². The fourth-order valence-electron chi connectivity index (χ4n) is 2.18. The van der Waals surface area contributed by atoms with Crippen molar-refractivity contribution in [2.75, 3.05) is 31.8 Å². The summed E-state index contributed by atoms with van der Waals surface area (Å²) < 4.78 is 10.6. The lowest BCUT2D eigenvalue weighted by Crippen LogP contribution is -2.45. The number of hydrogen-bond acceptors (Lipinski definition) is 4. The Kier molecular flexibility index (Phi) is 2.28. The molecule has 1 aromatic rings. The highest BCUT2D eigenvalue weighted by Crippen LogP contribution is 2.38. The molecule has 1 fully saturated rings. The average Bonchev–Trinajstić information content (AvgIpc) is 2.33. The zero-order chi connectivity index (χ0) is 12.8. The summed E-state index contributed by atoms with van der Waals surface area (Å²) in [5.74, 6) is 0.577. The summed E-state index contributed by atoms with van der Waals surface area (Å²) in [7, 11) is 1.72. The van der Waals surface area contributed by atoms with Crippen LogP contribution in [-0.2, 0) is 14.9 Å². The van der Waals surface area contributed by atoms with Crippen LogP contribution in [0.1, 0.15) is 5.56 Å². The summed E-state index contributed by atoms with van der Waals surface area (Å²) in [5.41, 5.74) is 1.07. The molecule has 0 bridgehead atoms. The van der Waals surface area contributed by atoms with Crippen LogP contribution in [0.2, 0.25) is 0 Å². The predicted molar refractivity (Wildman–Crippen MR) is 63.5 cm³/mol. The van der Waals surface area contributed by atoms with Crippen LogP contribution >= 0.6 is 0 Å². The average molecular weight is 244 g/mol. The molecule has 0 radical (unpaired) electrons. The van der Waals surface area contributed by atoms with Gasteiger partial charge in [-0.1, -0.05) is 6.07 Å². The number of ether oxygens (including phenoxy) is 2. The van der Waals surface area contributed by atoms with Gasteiger partial charge in [0.2, 0.25) is 0 Å². The van der Waals surface area contributed by atoms with Crippen LogP contribution in [0.25, 0.3) is 0 Å². The molecular weight excluding hydrogens is 232 g/mol. The second kappa shape index (κ2) is 3.72. The van der Waals surface area contributed by atoms with Crippen molar-refractivity contribution in [1.82, 2.24) is 0 Å². The first-order chi connectivity index (χ1) is 8.66. The summed E-state index contributed by atoms with van der Waals surface area (Å²) >= 11 is 0. The first-order valence-corrected chi connectivity index (χ1v) is 5.69. The van der Waals surface area contributed by atoms with Gasteiger partial charge in [-0.3, -0.25) is 4.79 Å². The molecule has 18 heavy (non-hydrogen) atoms. The molecule has 3 rings (SSSR count). The second-order valence-electron chi connectivity index (χ2n) is 4.61. The molecule has 1 saturated heterocycles. The molecule has 1 aromatic carbocycles. The van der Waals surface area contributed by atoms with Gasteiger partial charge in [0.25, 0.3) is 5.91 Å². The topological polar surface area (TPSA) is 62.6 Å². The fraction of sp³-hybridized carbons (Fsp3) is 0.385. The standard InChI is InChI=1S/C13H12N2O3/c1-15-10-3-2-9(13(6-14)7-17-8-13)4-11(10)18-5-12(15)16/h2-4H,5,7-8H2,1H3. The number of rotatable bonds is 1. The van der Waals surface area contributed by atoms with E-state index in [4.69, 9.17) is 9.47 Å². The van der Waals surface area contributed by atoms with Crippen LogP contribution in [0, 0.1) is 11.3 Å². The van der Waals surface area contributed by atoms with Crippen molar-refractivity contribution in [1.29, 1.82) is 5.26 Å². The fourth-order valence-corrected chi connectivity index (χ4v) is 2.18. The molecule has 0 atom stereocenters. The van der Waals surface area contributed by atoms with Crippen LogP contribution in [0.4, 0.5) is 5.69 Å². The largest absolute Gasteiger partial charge is 0.482 e. The summed E-state index contributed by atoms with van der Waals surface area (Å²) in [5, 5.41) is 9.25. The number of likely N-dealkylation sites (N-methyl/N-ethyl adjacent to an activating group) is 1. The van der Waals surface area contributed by atoms with Gasteiger partial charge in [0.05, 0.1) is 25.0 Å². The van der Waals surface area contributed by atoms with E-state index in [-0.39, 0.29) is 12.5 Å². The zero-order valence-corrected chi connectivity index (χ0v) is 9.97. The molecule has 0 aromatic heterocycles. The Morgan fingerprint density at radius 2 is 2.22 bits per heavy atom. The Labute approximate surface area is 105 Å². The molecule has 2 aliphatic heterocycles. The van der Waals surface area contributed by atoms with Crippen LogP contribution in [-0.4, -0.2) is 32.8 Å². The number of carbonyl (C=O) groups is 1. The monoisotopic (exact) mass is 244 g/mol. The lowest BCUT2D eigenvalue weighted by atomic mass is 9.80. The smallest absolute Gasteiger partial charge is 0.264 e. The Bertz CT molecular complexity index is 558. The van der Waals surface area contributed by atoms with E-state index in [1.54, 1.807) is 11.9 Å². The molecule has 2 aliphatic rings. The highest BCUT2D eigenvalue weighted by molar-refractivity contribution is 5.97. The van der Waals surface area contributed by atoms with E-state index < -0.39 is 5.41 Å². The number of nitriles is 1. The molecule has 1 amide bonds. The lowest BCUT2D eigenvalue weighted by Gasteiger charge is -2.36. The minimum atomic E-state index is -0.557. The van der Waals surface area contributed by atoms with Gasteiger partial charge in [-0.2, -0.15) is 5.26 Å². The number of amides is 1. The Hall–Kier alpha value is -2.06. The van der Waals surface area contributed by atoms with Crippen molar-refractivity contribution in [3.8, 4) is 11.8 Å². The van der Waals surface area contributed by atoms with E-state index >= 15 is 0 Å². The van der Waals surface area contributed by atoms with Crippen molar-refractivity contribution in [3.63, 3.8) is 0 Å². The van der Waals surface area contributed by atoms with E-state index in [2.05, 4.69) is 6.07 Å². The van der Waals surface area contributed by atoms with Crippen molar-refractivity contribution in [2.45, 2.75) is 5.41 Å². The number of fused-ring (bicyclic) bond motifs is 1. The molecule has 0 spiro atoms. The Balaban J connectivity index is 2.02. The summed E-state index contributed by atoms with van der Waals surface area (Å²) in [6.07, 6.45) is 0. The predicted octanol–water partition coefficient (Wildman–Crippen LogP) is 0.833. The van der Waals surface area contributed by atoms with Crippen molar-refractivity contribution < 1.29 is 14.3 Å². The van der Waals surface area contributed by atoms with Gasteiger partial charge in [0.1, 0.15) is 11.2 Å². The van der Waals surface area contributed by atoms with Gasteiger partial charge in [-0.05, 0) is 17.7 Å². The van der Waals surface area contributed by atoms with Gasteiger partial charge in [-0.25, -0.2) is 0 Å². The number of carbonyl (C=O) groups excluding carboxylic acids is 1. The van der Waals surface area contributed by atoms with Gasteiger partial charge >= 0.3 is 0 Å². The van der Waals surface area contributed by atoms with Crippen molar-refractivity contribution >= 4 is 11.6 Å². The third kappa shape index (κ3) is 1.39. The van der Waals surface area contributed by atoms with Gasteiger partial charge in [0.15, 0.2) is 6.61 Å². The van der Waals surface area contributed by atoms with Gasteiger partial charge < -0.3 is 14.4 Å². The van der Waals surface area contributed by atoms with Crippen molar-refractivity contribution in [3.05, 3.63) is 23.8 Å². The van der Waals surface area contributed by atoms with Crippen LogP contribution < -0.4 is 9.64 Å². The summed E-state index contributed by atoms with van der Waals surface area (Å²) in [4.78, 5) is 13.1. The van der Waals surface area contributed by atoms with Crippen LogP contribution in [0.5, 0.6) is 5.75 Å². The first-order valence-electron chi connectivity index (χ1n) is 5.69. The number of anilines is 1. The minimum absolute atomic E-state index is 0.0446. The molecule has 0 unspecified atom stereocenters. The van der Waals surface area contributed by atoms with Gasteiger partial charge in [0, 0.05) is 7.05 Å². The number of nitrogens with zero attached hydrogens (tertiary/aromatic N) is 2. The maximum absolute atomic E-state index is 11.5. The minimum Gasteiger partial charge on any atom is -0.482 e. The Morgan fingerprint density at radius 3 is 2.83 bits per heavy atom. The van der Waals surface area contributed by atoms with E-state index in [9.17, 15) is 10.1 Å². The molecule has 2 heterocycles. The molecule has 5 nitrogen and oxygen atoms in total. The second-order valence-corrected chi connectivity index (χ2v) is 4.61. The van der Waals surface area contributed by atoms with E-state index in [1.165, 1.54) is 0 Å². The van der Waals surface area contributed by atoms with E-state index in [0.717, 1.165) is 11.3 Å². The lowest BCUT2D eigenvalue weighted by molar-refractivity contribution is -0.121. The number of hydrogen-bond donors (Lipinski definition) is 0. The first kappa shape index (κ1) is 11.1.